The van der Waals surface area contributed by atoms with Crippen LogP contribution in [-0.4, -0.2) is 76.6 Å². The summed E-state index contributed by atoms with van der Waals surface area (Å²) in [5, 5.41) is 8.46. The molecular formula is C21H28N6O3. The number of amides is 1. The van der Waals surface area contributed by atoms with E-state index in [9.17, 15) is 4.79 Å². The van der Waals surface area contributed by atoms with Crippen molar-refractivity contribution in [3.8, 4) is 5.75 Å². The van der Waals surface area contributed by atoms with Crippen LogP contribution < -0.4 is 10.1 Å². The molecule has 0 bridgehead atoms. The summed E-state index contributed by atoms with van der Waals surface area (Å²) in [4.78, 5) is 19.2. The molecule has 2 aromatic heterocycles. The number of nitrogens with zero attached hydrogens (tertiary/aromatic N) is 5. The molecule has 9 heteroatoms. The van der Waals surface area contributed by atoms with Gasteiger partial charge in [-0.25, -0.2) is 4.98 Å². The highest BCUT2D eigenvalue weighted by Gasteiger charge is 2.20. The molecule has 30 heavy (non-hydrogen) atoms. The minimum Gasteiger partial charge on any atom is -0.494 e. The minimum absolute atomic E-state index is 0.163. The number of ether oxygens (including phenoxy) is 2. The number of nitrogens with one attached hydrogen (secondary N) is 1. The third-order valence-corrected chi connectivity index (χ3v) is 5.34. The van der Waals surface area contributed by atoms with Crippen molar-refractivity contribution < 1.29 is 14.3 Å². The number of benzene rings is 1. The van der Waals surface area contributed by atoms with Crippen LogP contribution in [0.15, 0.2) is 36.9 Å². The zero-order chi connectivity index (χ0) is 20.8. The molecule has 0 unspecified atom stereocenters. The lowest BCUT2D eigenvalue weighted by Crippen LogP contribution is -2.38. The molecule has 9 nitrogen and oxygen atoms in total. The number of hydrogen-bond acceptors (Lipinski definition) is 6. The van der Waals surface area contributed by atoms with Gasteiger partial charge in [-0.15, -0.1) is 0 Å². The molecule has 160 valence electrons. The fourth-order valence-electron chi connectivity index (χ4n) is 3.73. The summed E-state index contributed by atoms with van der Waals surface area (Å²) in [5.74, 6) is 0.560. The number of hydrogen-bond donors (Lipinski definition) is 1. The second-order valence-corrected chi connectivity index (χ2v) is 7.29. The number of morpholine rings is 1. The molecule has 0 radical (unpaired) electrons. The van der Waals surface area contributed by atoms with Crippen molar-refractivity contribution in [2.24, 2.45) is 0 Å². The second kappa shape index (κ2) is 9.73. The summed E-state index contributed by atoms with van der Waals surface area (Å²) >= 11 is 0. The van der Waals surface area contributed by atoms with Gasteiger partial charge < -0.3 is 19.4 Å². The quantitative estimate of drug-likeness (QED) is 0.535. The van der Waals surface area contributed by atoms with Gasteiger partial charge in [0.15, 0.2) is 5.69 Å². The molecule has 1 saturated heterocycles. The Labute approximate surface area is 175 Å². The summed E-state index contributed by atoms with van der Waals surface area (Å²) in [6.45, 7) is 6.27. The first-order valence-electron chi connectivity index (χ1n) is 10.3. The van der Waals surface area contributed by atoms with Crippen molar-refractivity contribution in [1.29, 1.82) is 0 Å². The molecule has 1 amide bonds. The fourth-order valence-corrected chi connectivity index (χ4v) is 3.73. The molecule has 0 atom stereocenters. The molecule has 1 N–H and O–H groups in total. The summed E-state index contributed by atoms with van der Waals surface area (Å²) in [6, 6.07) is 5.73. The molecule has 0 saturated carbocycles. The second-order valence-electron chi connectivity index (χ2n) is 7.29. The third-order valence-electron chi connectivity index (χ3n) is 5.34. The molecule has 1 aromatic carbocycles. The smallest absolute Gasteiger partial charge is 0.272 e. The maximum absolute atomic E-state index is 12.9. The van der Waals surface area contributed by atoms with E-state index in [4.69, 9.17) is 9.47 Å². The van der Waals surface area contributed by atoms with Crippen molar-refractivity contribution in [2.45, 2.75) is 19.5 Å². The van der Waals surface area contributed by atoms with Gasteiger partial charge in [0.1, 0.15) is 11.3 Å². The number of methoxy groups -OCH3 is 1. The van der Waals surface area contributed by atoms with E-state index in [1.165, 1.54) is 0 Å². The summed E-state index contributed by atoms with van der Waals surface area (Å²) < 4.78 is 14.9. The molecule has 1 fully saturated rings. The van der Waals surface area contributed by atoms with Crippen LogP contribution in [0.4, 0.5) is 0 Å². The number of imidazole rings is 1. The van der Waals surface area contributed by atoms with E-state index in [1.54, 1.807) is 19.6 Å². The lowest BCUT2D eigenvalue weighted by Gasteiger charge is -2.26. The fraction of sp³-hybridized carbons (Fsp3) is 0.476. The average Bonchev–Trinajstić information content (AvgIpc) is 3.44. The highest BCUT2D eigenvalue weighted by molar-refractivity contribution is 6.06. The van der Waals surface area contributed by atoms with Crippen LogP contribution in [0.25, 0.3) is 10.9 Å². The lowest BCUT2D eigenvalue weighted by atomic mass is 10.2. The maximum atomic E-state index is 12.9. The molecule has 0 spiro atoms. The van der Waals surface area contributed by atoms with Crippen LogP contribution in [0.5, 0.6) is 5.75 Å². The van der Waals surface area contributed by atoms with Gasteiger partial charge in [0.05, 0.1) is 33.2 Å². The van der Waals surface area contributed by atoms with E-state index in [-0.39, 0.29) is 5.91 Å². The largest absolute Gasteiger partial charge is 0.494 e. The highest BCUT2D eigenvalue weighted by atomic mass is 16.5. The first-order valence-corrected chi connectivity index (χ1v) is 10.3. The lowest BCUT2D eigenvalue weighted by molar-refractivity contribution is 0.0361. The predicted octanol–water partition coefficient (Wildman–Crippen LogP) is 1.39. The molecule has 1 aliphatic heterocycles. The van der Waals surface area contributed by atoms with Gasteiger partial charge in [0, 0.05) is 50.5 Å². The van der Waals surface area contributed by atoms with E-state index in [0.29, 0.717) is 18.8 Å². The van der Waals surface area contributed by atoms with E-state index in [2.05, 4.69) is 20.3 Å². The van der Waals surface area contributed by atoms with Crippen LogP contribution >= 0.6 is 0 Å². The van der Waals surface area contributed by atoms with Crippen molar-refractivity contribution >= 4 is 16.8 Å². The normalized spacial score (nSPS) is 14.8. The van der Waals surface area contributed by atoms with Gasteiger partial charge in [0.25, 0.3) is 5.91 Å². The van der Waals surface area contributed by atoms with E-state index >= 15 is 0 Å². The van der Waals surface area contributed by atoms with Crippen LogP contribution in [-0.2, 0) is 17.8 Å². The van der Waals surface area contributed by atoms with Crippen LogP contribution in [0.2, 0.25) is 0 Å². The van der Waals surface area contributed by atoms with E-state index in [1.807, 2.05) is 33.6 Å². The molecule has 3 heterocycles. The summed E-state index contributed by atoms with van der Waals surface area (Å²) in [7, 11) is 1.64. The summed E-state index contributed by atoms with van der Waals surface area (Å²) in [6.07, 6.45) is 6.26. The molecular weight excluding hydrogens is 384 g/mol. The van der Waals surface area contributed by atoms with Gasteiger partial charge in [-0.1, -0.05) is 12.1 Å². The zero-order valence-electron chi connectivity index (χ0n) is 17.3. The number of carbonyl (C=O) groups is 1. The Morgan fingerprint density at radius 3 is 2.87 bits per heavy atom. The van der Waals surface area contributed by atoms with Crippen LogP contribution in [0.3, 0.4) is 0 Å². The summed E-state index contributed by atoms with van der Waals surface area (Å²) in [5.41, 5.74) is 1.30. The van der Waals surface area contributed by atoms with Gasteiger partial charge in [-0.2, -0.15) is 5.10 Å². The first kappa shape index (κ1) is 20.4. The number of carbonyl (C=O) groups excluding carboxylic acids is 1. The third kappa shape index (κ3) is 4.63. The zero-order valence-corrected chi connectivity index (χ0v) is 17.3. The van der Waals surface area contributed by atoms with Gasteiger partial charge in [-0.05, 0) is 12.5 Å². The van der Waals surface area contributed by atoms with Crippen molar-refractivity contribution in [3.05, 3.63) is 42.6 Å². The Morgan fingerprint density at radius 2 is 2.10 bits per heavy atom. The topological polar surface area (TPSA) is 86.4 Å². The van der Waals surface area contributed by atoms with Gasteiger partial charge in [-0.3, -0.25) is 14.4 Å². The molecule has 1 aliphatic rings. The molecule has 0 aliphatic carbocycles. The minimum atomic E-state index is -0.163. The number of para-hydroxylation sites is 1. The van der Waals surface area contributed by atoms with Gasteiger partial charge in [0.2, 0.25) is 0 Å². The van der Waals surface area contributed by atoms with Crippen molar-refractivity contribution in [1.82, 2.24) is 29.5 Å². The number of aryl methyl sites for hydroxylation is 1. The Bertz CT molecular complexity index is 963. The van der Waals surface area contributed by atoms with Crippen LogP contribution in [0, 0.1) is 0 Å². The van der Waals surface area contributed by atoms with Crippen LogP contribution in [0.1, 0.15) is 16.9 Å². The highest BCUT2D eigenvalue weighted by Crippen LogP contribution is 2.28. The Morgan fingerprint density at radius 1 is 1.23 bits per heavy atom. The maximum Gasteiger partial charge on any atom is 0.272 e. The van der Waals surface area contributed by atoms with Crippen molar-refractivity contribution in [3.63, 3.8) is 0 Å². The SMILES string of the molecule is COc1cccc2c(C(=O)NCCCn3ccnc3)nn(CCN3CCOCC3)c12. The number of aromatic nitrogens is 4. The average molecular weight is 412 g/mol. The first-order chi connectivity index (χ1) is 14.8. The number of rotatable bonds is 9. The monoisotopic (exact) mass is 412 g/mol. The predicted molar refractivity (Wildman–Crippen MR) is 113 cm³/mol. The molecule has 4 rings (SSSR count). The number of fused-ring (bicyclic) bond motifs is 1. The van der Waals surface area contributed by atoms with Crippen molar-refractivity contribution in [2.75, 3.05) is 46.5 Å². The molecule has 3 aromatic rings. The standard InChI is InChI=1S/C21H28N6O3/c1-29-18-5-2-4-17-19(21(28)23-6-3-8-26-9-7-22-16-26)24-27(20(17)18)11-10-25-12-14-30-15-13-25/h2,4-5,7,9,16H,3,6,8,10-15H2,1H3,(H,23,28). The Balaban J connectivity index is 1.46. The van der Waals surface area contributed by atoms with Gasteiger partial charge >= 0.3 is 0 Å². The Kier molecular flexibility index (Phi) is 6.60. The Hall–Kier alpha value is -2.91. The van der Waals surface area contributed by atoms with E-state index < -0.39 is 0 Å². The van der Waals surface area contributed by atoms with E-state index in [0.717, 1.165) is 62.5 Å².